The van der Waals surface area contributed by atoms with Gasteiger partial charge in [-0.05, 0) is 18.1 Å². The SMILES string of the molecule is C(NC1CC1)c1nnns1. The van der Waals surface area contributed by atoms with E-state index in [0.29, 0.717) is 0 Å². The fourth-order valence-electron chi connectivity index (χ4n) is 0.739. The zero-order valence-electron chi connectivity index (χ0n) is 5.45. The van der Waals surface area contributed by atoms with Crippen LogP contribution in [0, 0.1) is 0 Å². The summed E-state index contributed by atoms with van der Waals surface area (Å²) in [6.45, 7) is 0.836. The molecule has 0 saturated heterocycles. The van der Waals surface area contributed by atoms with Gasteiger partial charge in [0.1, 0.15) is 0 Å². The standard InChI is InChI=1S/C5H8N4S/c1-2-4(1)6-3-5-7-8-9-10-5/h4,6H,1-3H2. The van der Waals surface area contributed by atoms with Gasteiger partial charge >= 0.3 is 0 Å². The first-order valence-electron chi connectivity index (χ1n) is 3.32. The minimum Gasteiger partial charge on any atom is -0.308 e. The summed E-state index contributed by atoms with van der Waals surface area (Å²) in [5, 5.41) is 11.6. The second kappa shape index (κ2) is 2.59. The Kier molecular flexibility index (Phi) is 1.60. The first kappa shape index (κ1) is 6.18. The van der Waals surface area contributed by atoms with Crippen molar-refractivity contribution in [3.63, 3.8) is 0 Å². The number of nitrogens with one attached hydrogen (secondary N) is 1. The van der Waals surface area contributed by atoms with Crippen molar-refractivity contribution in [3.05, 3.63) is 5.01 Å². The Labute approximate surface area is 62.8 Å². The smallest absolute Gasteiger partial charge is 0.151 e. The summed E-state index contributed by atoms with van der Waals surface area (Å²) in [7, 11) is 0. The van der Waals surface area contributed by atoms with E-state index in [2.05, 4.69) is 20.1 Å². The van der Waals surface area contributed by atoms with Crippen molar-refractivity contribution < 1.29 is 0 Å². The lowest BCUT2D eigenvalue weighted by Gasteiger charge is -1.94. The van der Waals surface area contributed by atoms with Crippen LogP contribution in [0.1, 0.15) is 17.8 Å². The highest BCUT2D eigenvalue weighted by molar-refractivity contribution is 7.05. The monoisotopic (exact) mass is 156 g/mol. The summed E-state index contributed by atoms with van der Waals surface area (Å²) in [6, 6.07) is 0.740. The highest BCUT2D eigenvalue weighted by Crippen LogP contribution is 2.19. The van der Waals surface area contributed by atoms with Gasteiger partial charge in [-0.15, -0.1) is 5.10 Å². The van der Waals surface area contributed by atoms with Crippen molar-refractivity contribution in [1.29, 1.82) is 0 Å². The molecule has 0 spiro atoms. The zero-order valence-corrected chi connectivity index (χ0v) is 6.27. The number of rotatable bonds is 3. The van der Waals surface area contributed by atoms with Crippen molar-refractivity contribution >= 4 is 11.5 Å². The molecule has 0 aliphatic heterocycles. The molecule has 0 radical (unpaired) electrons. The molecule has 2 rings (SSSR count). The van der Waals surface area contributed by atoms with Gasteiger partial charge in [0.2, 0.25) is 0 Å². The lowest BCUT2D eigenvalue weighted by atomic mass is 10.6. The van der Waals surface area contributed by atoms with Gasteiger partial charge in [-0.2, -0.15) is 0 Å². The molecule has 0 aromatic carbocycles. The van der Waals surface area contributed by atoms with Crippen molar-refractivity contribution in [2.45, 2.75) is 25.4 Å². The fourth-order valence-corrected chi connectivity index (χ4v) is 1.13. The van der Waals surface area contributed by atoms with E-state index in [1.54, 1.807) is 0 Å². The van der Waals surface area contributed by atoms with Crippen LogP contribution < -0.4 is 5.32 Å². The van der Waals surface area contributed by atoms with Gasteiger partial charge < -0.3 is 5.32 Å². The molecule has 0 amide bonds. The Hall–Kier alpha value is -0.550. The van der Waals surface area contributed by atoms with E-state index in [4.69, 9.17) is 0 Å². The van der Waals surface area contributed by atoms with Crippen LogP contribution in [-0.4, -0.2) is 20.8 Å². The first-order chi connectivity index (χ1) is 4.95. The summed E-state index contributed by atoms with van der Waals surface area (Å²) in [6.07, 6.45) is 2.62. The van der Waals surface area contributed by atoms with Gasteiger partial charge in [0.05, 0.1) is 6.54 Å². The van der Waals surface area contributed by atoms with Crippen molar-refractivity contribution in [3.8, 4) is 0 Å². The highest BCUT2D eigenvalue weighted by Gasteiger charge is 2.20. The Morgan fingerprint density at radius 3 is 3.10 bits per heavy atom. The summed E-state index contributed by atoms with van der Waals surface area (Å²) in [5.41, 5.74) is 0. The Balaban J connectivity index is 1.79. The van der Waals surface area contributed by atoms with Crippen molar-refractivity contribution in [2.75, 3.05) is 0 Å². The summed E-state index contributed by atoms with van der Waals surface area (Å²) < 4.78 is 3.66. The van der Waals surface area contributed by atoms with E-state index in [-0.39, 0.29) is 0 Å². The normalized spacial score (nSPS) is 17.6. The average molecular weight is 156 g/mol. The molecule has 1 aliphatic carbocycles. The second-order valence-electron chi connectivity index (χ2n) is 2.41. The van der Waals surface area contributed by atoms with Gasteiger partial charge in [-0.3, -0.25) is 0 Å². The summed E-state index contributed by atoms with van der Waals surface area (Å²) >= 11 is 1.36. The predicted molar refractivity (Wildman–Crippen MR) is 37.6 cm³/mol. The van der Waals surface area contributed by atoms with E-state index >= 15 is 0 Å². The van der Waals surface area contributed by atoms with Gasteiger partial charge in [-0.1, -0.05) is 4.49 Å². The molecule has 1 aromatic heterocycles. The van der Waals surface area contributed by atoms with E-state index < -0.39 is 0 Å². The number of nitrogens with zero attached hydrogens (tertiary/aromatic N) is 3. The molecular formula is C5H8N4S. The van der Waals surface area contributed by atoms with E-state index in [9.17, 15) is 0 Å². The Morgan fingerprint density at radius 2 is 2.50 bits per heavy atom. The van der Waals surface area contributed by atoms with Crippen LogP contribution in [0.4, 0.5) is 0 Å². The maximum Gasteiger partial charge on any atom is 0.151 e. The molecule has 1 fully saturated rings. The average Bonchev–Trinajstić information content (AvgIpc) is 2.63. The van der Waals surface area contributed by atoms with E-state index in [1.807, 2.05) is 0 Å². The van der Waals surface area contributed by atoms with Gasteiger partial charge in [-0.25, -0.2) is 0 Å². The molecule has 1 aliphatic rings. The van der Waals surface area contributed by atoms with Crippen LogP contribution in [0.25, 0.3) is 0 Å². The van der Waals surface area contributed by atoms with Crippen LogP contribution in [0.15, 0.2) is 0 Å². The summed E-state index contributed by atoms with van der Waals surface area (Å²) in [5.74, 6) is 0. The van der Waals surface area contributed by atoms with Gasteiger partial charge in [0.15, 0.2) is 5.01 Å². The van der Waals surface area contributed by atoms with Gasteiger partial charge in [0, 0.05) is 17.6 Å². The van der Waals surface area contributed by atoms with Gasteiger partial charge in [0.25, 0.3) is 0 Å². The predicted octanol–water partition coefficient (Wildman–Crippen LogP) is 0.185. The molecule has 0 bridgehead atoms. The zero-order chi connectivity index (χ0) is 6.81. The van der Waals surface area contributed by atoms with Crippen molar-refractivity contribution in [1.82, 2.24) is 20.1 Å². The van der Waals surface area contributed by atoms with Crippen LogP contribution in [-0.2, 0) is 6.54 Å². The quantitative estimate of drug-likeness (QED) is 0.678. The molecule has 10 heavy (non-hydrogen) atoms. The molecular weight excluding hydrogens is 148 g/mol. The maximum atomic E-state index is 3.81. The summed E-state index contributed by atoms with van der Waals surface area (Å²) in [4.78, 5) is 0. The minimum absolute atomic E-state index is 0.740. The Bertz CT molecular complexity index is 193. The van der Waals surface area contributed by atoms with Crippen LogP contribution in [0.5, 0.6) is 0 Å². The largest absolute Gasteiger partial charge is 0.308 e. The molecule has 0 unspecified atom stereocenters. The molecule has 1 aromatic rings. The Morgan fingerprint density at radius 1 is 1.60 bits per heavy atom. The van der Waals surface area contributed by atoms with E-state index in [1.165, 1.54) is 24.4 Å². The van der Waals surface area contributed by atoms with Crippen LogP contribution in [0.3, 0.4) is 0 Å². The molecule has 0 atom stereocenters. The third-order valence-corrected chi connectivity index (χ3v) is 2.05. The van der Waals surface area contributed by atoms with Crippen LogP contribution >= 0.6 is 11.5 Å². The molecule has 5 heteroatoms. The first-order valence-corrected chi connectivity index (χ1v) is 4.10. The molecule has 1 heterocycles. The molecule has 1 N–H and O–H groups in total. The molecule has 1 saturated carbocycles. The van der Waals surface area contributed by atoms with Crippen LogP contribution in [0.2, 0.25) is 0 Å². The number of hydrogen-bond donors (Lipinski definition) is 1. The van der Waals surface area contributed by atoms with E-state index in [0.717, 1.165) is 17.6 Å². The molecule has 54 valence electrons. The topological polar surface area (TPSA) is 50.7 Å². The van der Waals surface area contributed by atoms with Crippen molar-refractivity contribution in [2.24, 2.45) is 0 Å². The second-order valence-corrected chi connectivity index (χ2v) is 3.23. The third kappa shape index (κ3) is 1.48. The maximum absolute atomic E-state index is 3.81. The fraction of sp³-hybridized carbons (Fsp3) is 0.800. The molecule has 4 nitrogen and oxygen atoms in total. The highest BCUT2D eigenvalue weighted by atomic mass is 32.1. The third-order valence-electron chi connectivity index (χ3n) is 1.46. The number of aromatic nitrogens is 3. The lowest BCUT2D eigenvalue weighted by molar-refractivity contribution is 0.677. The minimum atomic E-state index is 0.740. The number of hydrogen-bond acceptors (Lipinski definition) is 5. The lowest BCUT2D eigenvalue weighted by Crippen LogP contribution is -2.14.